The lowest BCUT2D eigenvalue weighted by Crippen LogP contribution is -2.24. The molecular formula is C24H20ClFN4O2. The highest BCUT2D eigenvalue weighted by molar-refractivity contribution is 6.31. The molecular weight excluding hydrogens is 431 g/mol. The number of benzene rings is 1. The van der Waals surface area contributed by atoms with Crippen LogP contribution in [0.15, 0.2) is 60.8 Å². The van der Waals surface area contributed by atoms with E-state index in [4.69, 9.17) is 11.6 Å². The normalized spacial score (nSPS) is 11.5. The average molecular weight is 451 g/mol. The van der Waals surface area contributed by atoms with Crippen molar-refractivity contribution in [1.82, 2.24) is 20.3 Å². The summed E-state index contributed by atoms with van der Waals surface area (Å²) in [6, 6.07) is 14.7. The lowest BCUT2D eigenvalue weighted by atomic mass is 9.96. The summed E-state index contributed by atoms with van der Waals surface area (Å²) in [5, 5.41) is 14.2. The molecule has 1 aromatic carbocycles. The van der Waals surface area contributed by atoms with Crippen LogP contribution in [-0.2, 0) is 12.1 Å². The Labute approximate surface area is 189 Å². The van der Waals surface area contributed by atoms with E-state index in [9.17, 15) is 14.3 Å². The van der Waals surface area contributed by atoms with Crippen LogP contribution >= 0.6 is 11.6 Å². The Bertz CT molecular complexity index is 1320. The topological polar surface area (TPSA) is 88.0 Å². The highest BCUT2D eigenvalue weighted by atomic mass is 35.5. The van der Waals surface area contributed by atoms with Crippen molar-refractivity contribution in [2.75, 3.05) is 0 Å². The van der Waals surface area contributed by atoms with E-state index < -0.39 is 11.5 Å². The molecule has 0 radical (unpaired) electrons. The van der Waals surface area contributed by atoms with Crippen LogP contribution in [0.25, 0.3) is 22.3 Å². The zero-order chi connectivity index (χ0) is 22.9. The summed E-state index contributed by atoms with van der Waals surface area (Å²) in [6.45, 7) is 3.42. The summed E-state index contributed by atoms with van der Waals surface area (Å²) in [6.07, 6.45) is 1.67. The first-order chi connectivity index (χ1) is 15.2. The van der Waals surface area contributed by atoms with Crippen molar-refractivity contribution >= 4 is 28.4 Å². The van der Waals surface area contributed by atoms with Gasteiger partial charge in [0.15, 0.2) is 0 Å². The number of nitrogens with one attached hydrogen (secondary N) is 1. The molecule has 4 aromatic rings. The molecule has 8 heteroatoms. The van der Waals surface area contributed by atoms with Gasteiger partial charge in [-0.15, -0.1) is 0 Å². The standard InChI is InChI=1S/C24H20ClFN4O2/c1-24(2,32)16-8-15(9-17(25)10-16)23(31)28-13-18-11-21-14(12-27-18)6-7-20(29-21)19-4-3-5-22(26)30-19/h3-12,32H,13H2,1-2H3,(H,28,31). The minimum absolute atomic E-state index is 0.170. The van der Waals surface area contributed by atoms with Crippen LogP contribution in [0.3, 0.4) is 0 Å². The van der Waals surface area contributed by atoms with E-state index in [0.29, 0.717) is 38.7 Å². The summed E-state index contributed by atoms with van der Waals surface area (Å²) in [5.74, 6) is -0.915. The van der Waals surface area contributed by atoms with E-state index in [0.717, 1.165) is 5.39 Å². The minimum atomic E-state index is -1.13. The Morgan fingerprint density at radius 3 is 2.62 bits per heavy atom. The number of rotatable bonds is 5. The van der Waals surface area contributed by atoms with Crippen LogP contribution in [0.5, 0.6) is 0 Å². The van der Waals surface area contributed by atoms with Gasteiger partial charge in [0.25, 0.3) is 5.91 Å². The number of carbonyl (C=O) groups excluding carboxylic acids is 1. The molecule has 0 unspecified atom stereocenters. The van der Waals surface area contributed by atoms with Crippen molar-refractivity contribution in [3.63, 3.8) is 0 Å². The van der Waals surface area contributed by atoms with Crippen LogP contribution in [0.4, 0.5) is 4.39 Å². The number of hydrogen-bond acceptors (Lipinski definition) is 5. The molecule has 0 bridgehead atoms. The zero-order valence-electron chi connectivity index (χ0n) is 17.4. The molecule has 6 nitrogen and oxygen atoms in total. The van der Waals surface area contributed by atoms with Crippen molar-refractivity contribution in [3.8, 4) is 11.4 Å². The molecule has 162 valence electrons. The number of nitrogens with zero attached hydrogens (tertiary/aromatic N) is 3. The second-order valence-electron chi connectivity index (χ2n) is 7.88. The van der Waals surface area contributed by atoms with E-state index >= 15 is 0 Å². The number of pyridine rings is 3. The molecule has 3 aromatic heterocycles. The van der Waals surface area contributed by atoms with Crippen molar-refractivity contribution in [2.45, 2.75) is 26.0 Å². The molecule has 3 heterocycles. The van der Waals surface area contributed by atoms with Crippen molar-refractivity contribution < 1.29 is 14.3 Å². The van der Waals surface area contributed by atoms with Gasteiger partial charge in [0.1, 0.15) is 0 Å². The smallest absolute Gasteiger partial charge is 0.251 e. The molecule has 32 heavy (non-hydrogen) atoms. The van der Waals surface area contributed by atoms with Gasteiger partial charge < -0.3 is 10.4 Å². The molecule has 0 aliphatic heterocycles. The van der Waals surface area contributed by atoms with E-state index in [1.54, 1.807) is 62.5 Å². The predicted octanol–water partition coefficient (Wildman–Crippen LogP) is 4.64. The first-order valence-corrected chi connectivity index (χ1v) is 10.3. The monoisotopic (exact) mass is 450 g/mol. The Morgan fingerprint density at radius 1 is 1.09 bits per heavy atom. The van der Waals surface area contributed by atoms with Crippen LogP contribution < -0.4 is 5.32 Å². The molecule has 1 amide bonds. The third-order valence-corrected chi connectivity index (χ3v) is 5.12. The quantitative estimate of drug-likeness (QED) is 0.432. The number of hydrogen-bond donors (Lipinski definition) is 2. The van der Waals surface area contributed by atoms with Gasteiger partial charge in [-0.2, -0.15) is 4.39 Å². The third kappa shape index (κ3) is 4.90. The lowest BCUT2D eigenvalue weighted by molar-refractivity contribution is 0.0784. The molecule has 0 atom stereocenters. The maximum atomic E-state index is 13.5. The number of aromatic nitrogens is 3. The molecule has 0 saturated heterocycles. The summed E-state index contributed by atoms with van der Waals surface area (Å²) in [7, 11) is 0. The SMILES string of the molecule is CC(C)(O)c1cc(Cl)cc(C(=O)NCc2cc3nc(-c4cccc(F)n4)ccc3cn2)c1. The first kappa shape index (κ1) is 21.8. The van der Waals surface area contributed by atoms with Gasteiger partial charge >= 0.3 is 0 Å². The van der Waals surface area contributed by atoms with Gasteiger partial charge in [-0.1, -0.05) is 17.7 Å². The fraction of sp³-hybridized carbons (Fsp3) is 0.167. The number of halogens is 2. The highest BCUT2D eigenvalue weighted by Crippen LogP contribution is 2.25. The molecule has 4 rings (SSSR count). The van der Waals surface area contributed by atoms with E-state index in [1.165, 1.54) is 6.07 Å². The largest absolute Gasteiger partial charge is 0.386 e. The number of fused-ring (bicyclic) bond motifs is 1. The summed E-state index contributed by atoms with van der Waals surface area (Å²) in [5.41, 5.74) is 1.99. The van der Waals surface area contributed by atoms with Crippen LogP contribution in [0, 0.1) is 5.95 Å². The van der Waals surface area contributed by atoms with E-state index in [2.05, 4.69) is 20.3 Å². The third-order valence-electron chi connectivity index (χ3n) is 4.90. The predicted molar refractivity (Wildman–Crippen MR) is 121 cm³/mol. The lowest BCUT2D eigenvalue weighted by Gasteiger charge is -2.19. The van der Waals surface area contributed by atoms with Crippen molar-refractivity contribution in [2.24, 2.45) is 0 Å². The maximum Gasteiger partial charge on any atom is 0.251 e. The fourth-order valence-electron chi connectivity index (χ4n) is 3.20. The van der Waals surface area contributed by atoms with Gasteiger partial charge in [-0.25, -0.2) is 9.97 Å². The number of amides is 1. The Morgan fingerprint density at radius 2 is 1.88 bits per heavy atom. The summed E-state index contributed by atoms with van der Waals surface area (Å²) < 4.78 is 13.5. The number of aliphatic hydroxyl groups is 1. The molecule has 2 N–H and O–H groups in total. The molecule has 0 saturated carbocycles. The van der Waals surface area contributed by atoms with Crippen molar-refractivity contribution in [3.05, 3.63) is 88.6 Å². The minimum Gasteiger partial charge on any atom is -0.386 e. The van der Waals surface area contributed by atoms with Crippen LogP contribution in [0.2, 0.25) is 5.02 Å². The van der Waals surface area contributed by atoms with E-state index in [1.807, 2.05) is 6.07 Å². The second kappa shape index (κ2) is 8.61. The van der Waals surface area contributed by atoms with Gasteiger partial charge in [0.2, 0.25) is 5.95 Å². The molecule has 0 aliphatic rings. The van der Waals surface area contributed by atoms with Gasteiger partial charge in [0.05, 0.1) is 34.7 Å². The summed E-state index contributed by atoms with van der Waals surface area (Å²) >= 11 is 6.12. The maximum absolute atomic E-state index is 13.5. The highest BCUT2D eigenvalue weighted by Gasteiger charge is 2.19. The van der Waals surface area contributed by atoms with Gasteiger partial charge in [0, 0.05) is 22.2 Å². The fourth-order valence-corrected chi connectivity index (χ4v) is 3.43. The Hall–Kier alpha value is -3.42. The summed E-state index contributed by atoms with van der Waals surface area (Å²) in [4.78, 5) is 25.4. The second-order valence-corrected chi connectivity index (χ2v) is 8.32. The Balaban J connectivity index is 1.54. The van der Waals surface area contributed by atoms with Gasteiger partial charge in [-0.05, 0) is 67.9 Å². The Kier molecular flexibility index (Phi) is 5.86. The molecule has 0 fully saturated rings. The average Bonchev–Trinajstić information content (AvgIpc) is 2.76. The van der Waals surface area contributed by atoms with Crippen LogP contribution in [0.1, 0.15) is 35.5 Å². The molecule has 0 aliphatic carbocycles. The van der Waals surface area contributed by atoms with Gasteiger partial charge in [-0.3, -0.25) is 9.78 Å². The first-order valence-electron chi connectivity index (χ1n) is 9.89. The van der Waals surface area contributed by atoms with Crippen LogP contribution in [-0.4, -0.2) is 26.0 Å². The number of carbonyl (C=O) groups is 1. The zero-order valence-corrected chi connectivity index (χ0v) is 18.2. The molecule has 0 spiro atoms. The van der Waals surface area contributed by atoms with E-state index in [-0.39, 0.29) is 12.5 Å². The van der Waals surface area contributed by atoms with Crippen molar-refractivity contribution in [1.29, 1.82) is 0 Å².